The third kappa shape index (κ3) is 2.58. The average molecular weight is 331 g/mol. The molecule has 2 aromatic heterocycles. The number of carbonyl (C=O) groups is 1. The summed E-state index contributed by atoms with van der Waals surface area (Å²) in [5.41, 5.74) is 8.98. The SMILES string of the molecule is Cc1nc(-c2ccc3c(c2)c(N)cn3C(C)CO)sc1C(=O)O. The summed E-state index contributed by atoms with van der Waals surface area (Å²) in [4.78, 5) is 15.8. The summed E-state index contributed by atoms with van der Waals surface area (Å²) in [6.07, 6.45) is 1.81. The molecule has 0 spiro atoms. The standard InChI is InChI=1S/C16H17N3O3S/c1-8(7-20)19-6-12(17)11-5-10(3-4-13(11)19)15-18-9(2)14(23-15)16(21)22/h3-6,8,20H,7,17H2,1-2H3,(H,21,22). The Labute approximate surface area is 136 Å². The van der Waals surface area contributed by atoms with Crippen LogP contribution < -0.4 is 5.73 Å². The van der Waals surface area contributed by atoms with E-state index in [1.807, 2.05) is 35.9 Å². The predicted octanol–water partition coefficient (Wildman–Crippen LogP) is 2.91. The monoisotopic (exact) mass is 331 g/mol. The Morgan fingerprint density at radius 1 is 1.48 bits per heavy atom. The smallest absolute Gasteiger partial charge is 0.347 e. The van der Waals surface area contributed by atoms with E-state index in [1.54, 1.807) is 6.92 Å². The second-order valence-corrected chi connectivity index (χ2v) is 6.49. The van der Waals surface area contributed by atoms with Crippen molar-refractivity contribution in [1.82, 2.24) is 9.55 Å². The van der Waals surface area contributed by atoms with Crippen LogP contribution in [0, 0.1) is 6.92 Å². The lowest BCUT2D eigenvalue weighted by Crippen LogP contribution is -2.07. The number of hydrogen-bond acceptors (Lipinski definition) is 5. The first-order chi connectivity index (χ1) is 10.9. The van der Waals surface area contributed by atoms with Crippen LogP contribution in [0.5, 0.6) is 0 Å². The Kier molecular flexibility index (Phi) is 3.83. The maximum absolute atomic E-state index is 11.2. The number of fused-ring (bicyclic) bond motifs is 1. The van der Waals surface area contributed by atoms with Crippen molar-refractivity contribution < 1.29 is 15.0 Å². The molecule has 6 nitrogen and oxygen atoms in total. The van der Waals surface area contributed by atoms with Crippen LogP contribution in [0.2, 0.25) is 0 Å². The van der Waals surface area contributed by atoms with Crippen LogP contribution in [0.4, 0.5) is 5.69 Å². The van der Waals surface area contributed by atoms with Gasteiger partial charge in [0.15, 0.2) is 0 Å². The summed E-state index contributed by atoms with van der Waals surface area (Å²) in [6.45, 7) is 3.63. The van der Waals surface area contributed by atoms with Crippen LogP contribution in [0.25, 0.3) is 21.5 Å². The molecule has 0 saturated heterocycles. The molecule has 1 unspecified atom stereocenters. The number of carboxylic acids is 1. The number of nitrogens with two attached hydrogens (primary N) is 1. The molecule has 120 valence electrons. The van der Waals surface area contributed by atoms with Crippen molar-refractivity contribution in [2.75, 3.05) is 12.3 Å². The van der Waals surface area contributed by atoms with Gasteiger partial charge in [-0.05, 0) is 32.0 Å². The molecule has 0 radical (unpaired) electrons. The van der Waals surface area contributed by atoms with Gasteiger partial charge in [-0.3, -0.25) is 0 Å². The summed E-state index contributed by atoms with van der Waals surface area (Å²) in [5.74, 6) is -0.963. The highest BCUT2D eigenvalue weighted by Gasteiger charge is 2.17. The largest absolute Gasteiger partial charge is 0.477 e. The summed E-state index contributed by atoms with van der Waals surface area (Å²) in [5, 5.41) is 20.0. The first kappa shape index (κ1) is 15.5. The maximum atomic E-state index is 11.2. The Balaban J connectivity index is 2.12. The highest BCUT2D eigenvalue weighted by molar-refractivity contribution is 7.17. The molecule has 0 aliphatic rings. The summed E-state index contributed by atoms with van der Waals surface area (Å²) >= 11 is 1.15. The van der Waals surface area contributed by atoms with Crippen molar-refractivity contribution in [3.63, 3.8) is 0 Å². The van der Waals surface area contributed by atoms with E-state index in [9.17, 15) is 9.90 Å². The van der Waals surface area contributed by atoms with E-state index in [0.29, 0.717) is 16.4 Å². The van der Waals surface area contributed by atoms with Crippen LogP contribution >= 0.6 is 11.3 Å². The minimum atomic E-state index is -0.963. The number of anilines is 1. The lowest BCUT2D eigenvalue weighted by Gasteiger charge is -2.11. The number of aromatic nitrogens is 2. The number of carboxylic acid groups (broad SMARTS) is 1. The lowest BCUT2D eigenvalue weighted by atomic mass is 10.1. The zero-order valence-electron chi connectivity index (χ0n) is 12.8. The molecule has 0 aliphatic heterocycles. The van der Waals surface area contributed by atoms with E-state index < -0.39 is 5.97 Å². The number of aromatic carboxylic acids is 1. The van der Waals surface area contributed by atoms with E-state index in [1.165, 1.54) is 0 Å². The Hall–Kier alpha value is -2.38. The van der Waals surface area contributed by atoms with Gasteiger partial charge in [0, 0.05) is 17.1 Å². The molecule has 0 saturated carbocycles. The fourth-order valence-corrected chi connectivity index (χ4v) is 3.49. The van der Waals surface area contributed by atoms with Crippen LogP contribution in [0.15, 0.2) is 24.4 Å². The van der Waals surface area contributed by atoms with Crippen molar-refractivity contribution in [1.29, 1.82) is 0 Å². The van der Waals surface area contributed by atoms with Crippen LogP contribution in [0.1, 0.15) is 28.3 Å². The number of thiazole rings is 1. The summed E-state index contributed by atoms with van der Waals surface area (Å²) < 4.78 is 1.93. The van der Waals surface area contributed by atoms with Crippen molar-refractivity contribution >= 4 is 33.9 Å². The van der Waals surface area contributed by atoms with Gasteiger partial charge >= 0.3 is 5.97 Å². The van der Waals surface area contributed by atoms with E-state index in [4.69, 9.17) is 10.8 Å². The van der Waals surface area contributed by atoms with Crippen molar-refractivity contribution in [3.8, 4) is 10.6 Å². The number of nitrogens with zero attached hydrogens (tertiary/aromatic N) is 2. The molecule has 1 atom stereocenters. The van der Waals surface area contributed by atoms with Crippen LogP contribution in [-0.2, 0) is 0 Å². The predicted molar refractivity (Wildman–Crippen MR) is 91.0 cm³/mol. The van der Waals surface area contributed by atoms with Gasteiger partial charge in [0.25, 0.3) is 0 Å². The van der Waals surface area contributed by atoms with Gasteiger partial charge in [-0.15, -0.1) is 11.3 Å². The first-order valence-electron chi connectivity index (χ1n) is 7.14. The van der Waals surface area contributed by atoms with Gasteiger partial charge < -0.3 is 20.5 Å². The molecule has 1 aromatic carbocycles. The normalized spacial score (nSPS) is 12.7. The molecule has 23 heavy (non-hydrogen) atoms. The zero-order chi connectivity index (χ0) is 16.7. The average Bonchev–Trinajstić information content (AvgIpc) is 3.07. The molecule has 3 aromatic rings. The number of rotatable bonds is 4. The first-order valence-corrected chi connectivity index (χ1v) is 7.96. The molecule has 0 amide bonds. The van der Waals surface area contributed by atoms with Gasteiger partial charge in [0.1, 0.15) is 9.88 Å². The Morgan fingerprint density at radius 2 is 2.22 bits per heavy atom. The molecule has 2 heterocycles. The fraction of sp³-hybridized carbons (Fsp3) is 0.250. The lowest BCUT2D eigenvalue weighted by molar-refractivity contribution is 0.0701. The van der Waals surface area contributed by atoms with Crippen molar-refractivity contribution in [3.05, 3.63) is 35.0 Å². The molecule has 3 rings (SSSR count). The third-order valence-electron chi connectivity index (χ3n) is 3.84. The topological polar surface area (TPSA) is 101 Å². The van der Waals surface area contributed by atoms with Crippen LogP contribution in [-0.4, -0.2) is 32.3 Å². The number of hydrogen-bond donors (Lipinski definition) is 3. The maximum Gasteiger partial charge on any atom is 0.347 e. The van der Waals surface area contributed by atoms with Gasteiger partial charge in [0.2, 0.25) is 0 Å². The number of aliphatic hydroxyl groups is 1. The second kappa shape index (κ2) is 5.68. The van der Waals surface area contributed by atoms with Crippen molar-refractivity contribution in [2.24, 2.45) is 0 Å². The second-order valence-electron chi connectivity index (χ2n) is 5.49. The number of aryl methyl sites for hydroxylation is 1. The van der Waals surface area contributed by atoms with Crippen molar-refractivity contribution in [2.45, 2.75) is 19.9 Å². The minimum absolute atomic E-state index is 0.0264. The third-order valence-corrected chi connectivity index (χ3v) is 5.04. The highest BCUT2D eigenvalue weighted by Crippen LogP contribution is 2.33. The molecule has 7 heteroatoms. The quantitative estimate of drug-likeness (QED) is 0.682. The Morgan fingerprint density at radius 3 is 2.83 bits per heavy atom. The van der Waals surface area contributed by atoms with Gasteiger partial charge in [-0.1, -0.05) is 0 Å². The number of nitrogen functional groups attached to an aromatic ring is 1. The van der Waals surface area contributed by atoms with E-state index in [2.05, 4.69) is 4.98 Å². The number of aliphatic hydroxyl groups excluding tert-OH is 1. The van der Waals surface area contributed by atoms with E-state index in [0.717, 1.165) is 27.8 Å². The Bertz CT molecular complexity index is 897. The van der Waals surface area contributed by atoms with Crippen LogP contribution in [0.3, 0.4) is 0 Å². The minimum Gasteiger partial charge on any atom is -0.477 e. The van der Waals surface area contributed by atoms with E-state index in [-0.39, 0.29) is 17.5 Å². The molecular formula is C16H17N3O3S. The molecule has 0 fully saturated rings. The van der Waals surface area contributed by atoms with Gasteiger partial charge in [-0.25, -0.2) is 9.78 Å². The fourth-order valence-electron chi connectivity index (χ4n) is 2.59. The van der Waals surface area contributed by atoms with E-state index >= 15 is 0 Å². The summed E-state index contributed by atoms with van der Waals surface area (Å²) in [6, 6.07) is 5.66. The summed E-state index contributed by atoms with van der Waals surface area (Å²) in [7, 11) is 0. The molecule has 4 N–H and O–H groups in total. The van der Waals surface area contributed by atoms with Gasteiger partial charge in [0.05, 0.1) is 29.5 Å². The van der Waals surface area contributed by atoms with Gasteiger partial charge in [-0.2, -0.15) is 0 Å². The number of benzene rings is 1. The molecule has 0 bridgehead atoms. The molecule has 0 aliphatic carbocycles. The molecular weight excluding hydrogens is 314 g/mol. The highest BCUT2D eigenvalue weighted by atomic mass is 32.1. The zero-order valence-corrected chi connectivity index (χ0v) is 13.6.